The van der Waals surface area contributed by atoms with Gasteiger partial charge >= 0.3 is 11.7 Å². The molecule has 0 radical (unpaired) electrons. The SMILES string of the molecule is [2H]C([2H])([2H])C(C#N)(NC(=O)c1ccc(SC(F)(F)F)cc1)C([2H])([2H])Oc1cc(C#N)ccc1C(F)(F)F. The molecule has 12 heteroatoms. The van der Waals surface area contributed by atoms with E-state index in [4.69, 9.17) is 16.9 Å². The van der Waals surface area contributed by atoms with E-state index >= 15 is 0 Å². The van der Waals surface area contributed by atoms with Crippen molar-refractivity contribution >= 4 is 17.7 Å². The quantitative estimate of drug-likeness (QED) is 0.451. The number of nitriles is 2. The highest BCUT2D eigenvalue weighted by atomic mass is 32.2. The Morgan fingerprint density at radius 1 is 1.16 bits per heavy atom. The van der Waals surface area contributed by atoms with E-state index in [9.17, 15) is 36.4 Å². The third-order valence-corrected chi connectivity index (χ3v) is 4.29. The summed E-state index contributed by atoms with van der Waals surface area (Å²) in [4.78, 5) is 12.4. The summed E-state index contributed by atoms with van der Waals surface area (Å²) < 4.78 is 122. The van der Waals surface area contributed by atoms with Crippen LogP contribution in [-0.4, -0.2) is 23.5 Å². The zero-order valence-electron chi connectivity index (χ0n) is 20.4. The molecule has 0 aliphatic rings. The number of benzene rings is 2. The molecule has 1 atom stereocenters. The number of hydrogen-bond donors (Lipinski definition) is 1. The van der Waals surface area contributed by atoms with Crippen molar-refractivity contribution in [2.75, 3.05) is 6.56 Å². The molecule has 168 valence electrons. The first-order valence-electron chi connectivity index (χ1n) is 10.7. The van der Waals surface area contributed by atoms with E-state index in [1.54, 1.807) is 5.32 Å². The van der Waals surface area contributed by atoms with Crippen LogP contribution in [0.5, 0.6) is 5.75 Å². The Morgan fingerprint density at radius 2 is 1.81 bits per heavy atom. The molecule has 0 aliphatic heterocycles. The molecular formula is C20H13F6N3O2S. The van der Waals surface area contributed by atoms with Gasteiger partial charge in [0.05, 0.1) is 26.0 Å². The molecule has 0 saturated carbocycles. The van der Waals surface area contributed by atoms with Crippen molar-refractivity contribution in [1.82, 2.24) is 5.32 Å². The summed E-state index contributed by atoms with van der Waals surface area (Å²) in [5.74, 6) is -2.78. The van der Waals surface area contributed by atoms with Crippen LogP contribution in [0.3, 0.4) is 0 Å². The number of carbonyl (C=O) groups excluding carboxylic acids is 1. The Balaban J connectivity index is 2.53. The Labute approximate surface area is 189 Å². The Hall–Kier alpha value is -3.38. The largest absolute Gasteiger partial charge is 0.489 e. The summed E-state index contributed by atoms with van der Waals surface area (Å²) >= 11 is -0.514. The van der Waals surface area contributed by atoms with Gasteiger partial charge in [0.25, 0.3) is 5.91 Å². The maximum Gasteiger partial charge on any atom is 0.446 e. The number of hydrogen-bond acceptors (Lipinski definition) is 5. The van der Waals surface area contributed by atoms with Crippen LogP contribution >= 0.6 is 11.8 Å². The van der Waals surface area contributed by atoms with E-state index in [-0.39, 0.29) is 4.90 Å². The minimum atomic E-state index is -5.14. The fourth-order valence-electron chi connectivity index (χ4n) is 2.17. The van der Waals surface area contributed by atoms with Crippen LogP contribution in [-0.2, 0) is 6.18 Å². The molecule has 0 fully saturated rings. The molecule has 2 rings (SSSR count). The zero-order chi connectivity index (χ0) is 28.4. The normalized spacial score (nSPS) is 16.6. The number of ether oxygens (including phenoxy) is 1. The Bertz CT molecular complexity index is 1250. The number of thioether (sulfide) groups is 1. The maximum absolute atomic E-state index is 13.4. The number of amides is 1. The van der Waals surface area contributed by atoms with Gasteiger partial charge in [-0.1, -0.05) is 0 Å². The Kier molecular flexibility index (Phi) is 5.35. The van der Waals surface area contributed by atoms with E-state index < -0.39 is 70.7 Å². The molecule has 0 aromatic heterocycles. The lowest BCUT2D eigenvalue weighted by atomic mass is 10.0. The van der Waals surface area contributed by atoms with E-state index in [1.807, 2.05) is 0 Å². The molecule has 1 unspecified atom stereocenters. The van der Waals surface area contributed by atoms with Crippen molar-refractivity contribution in [1.29, 1.82) is 10.5 Å². The van der Waals surface area contributed by atoms with Crippen LogP contribution in [0.4, 0.5) is 26.3 Å². The second kappa shape index (κ2) is 9.40. The highest BCUT2D eigenvalue weighted by molar-refractivity contribution is 8.00. The van der Waals surface area contributed by atoms with Crippen LogP contribution in [0.2, 0.25) is 0 Å². The number of halogens is 6. The summed E-state index contributed by atoms with van der Waals surface area (Å²) in [5, 5.41) is 20.3. The van der Waals surface area contributed by atoms with Crippen LogP contribution in [0.15, 0.2) is 47.4 Å². The first-order valence-corrected chi connectivity index (χ1v) is 8.98. The van der Waals surface area contributed by atoms with Crippen molar-refractivity contribution in [3.63, 3.8) is 0 Å². The minimum absolute atomic E-state index is 0.345. The number of carbonyl (C=O) groups is 1. The van der Waals surface area contributed by atoms with Gasteiger partial charge in [0.2, 0.25) is 0 Å². The van der Waals surface area contributed by atoms with Crippen LogP contribution in [0.1, 0.15) is 35.2 Å². The zero-order valence-corrected chi connectivity index (χ0v) is 16.2. The van der Waals surface area contributed by atoms with E-state index in [1.165, 1.54) is 6.07 Å². The number of nitrogens with one attached hydrogen (secondary N) is 1. The predicted molar refractivity (Wildman–Crippen MR) is 101 cm³/mol. The lowest BCUT2D eigenvalue weighted by Gasteiger charge is -2.24. The van der Waals surface area contributed by atoms with Gasteiger partial charge in [-0.05, 0) is 61.1 Å². The third-order valence-electron chi connectivity index (χ3n) is 3.55. The molecule has 0 spiro atoms. The molecule has 2 aromatic rings. The van der Waals surface area contributed by atoms with Gasteiger partial charge in [-0.2, -0.15) is 36.9 Å². The highest BCUT2D eigenvalue weighted by Crippen LogP contribution is 2.38. The van der Waals surface area contributed by atoms with Gasteiger partial charge < -0.3 is 10.1 Å². The van der Waals surface area contributed by atoms with Crippen molar-refractivity contribution in [2.24, 2.45) is 0 Å². The third kappa shape index (κ3) is 6.82. The maximum atomic E-state index is 13.4. The predicted octanol–water partition coefficient (Wildman–Crippen LogP) is 5.28. The highest BCUT2D eigenvalue weighted by Gasteiger charge is 2.36. The first kappa shape index (κ1) is 18.2. The average molecular weight is 478 g/mol. The Morgan fingerprint density at radius 3 is 2.31 bits per heavy atom. The van der Waals surface area contributed by atoms with E-state index in [2.05, 4.69) is 0 Å². The smallest absolute Gasteiger partial charge is 0.446 e. The fraction of sp³-hybridized carbons (Fsp3) is 0.250. The first-order chi connectivity index (χ1) is 16.8. The van der Waals surface area contributed by atoms with Gasteiger partial charge in [-0.15, -0.1) is 0 Å². The second-order valence-electron chi connectivity index (χ2n) is 5.91. The molecule has 0 heterocycles. The lowest BCUT2D eigenvalue weighted by molar-refractivity contribution is -0.139. The number of alkyl halides is 6. The van der Waals surface area contributed by atoms with E-state index in [0.29, 0.717) is 12.1 Å². The van der Waals surface area contributed by atoms with Crippen molar-refractivity contribution < 1.29 is 42.7 Å². The van der Waals surface area contributed by atoms with Crippen LogP contribution in [0, 0.1) is 22.7 Å². The lowest BCUT2D eigenvalue weighted by Crippen LogP contribution is -2.49. The van der Waals surface area contributed by atoms with Gasteiger partial charge in [0.15, 0.2) is 5.54 Å². The molecule has 0 bridgehead atoms. The van der Waals surface area contributed by atoms with Crippen molar-refractivity contribution in [3.8, 4) is 17.9 Å². The minimum Gasteiger partial charge on any atom is -0.489 e. The number of nitrogens with zero attached hydrogens (tertiary/aromatic N) is 2. The van der Waals surface area contributed by atoms with Gasteiger partial charge in [-0.25, -0.2) is 0 Å². The monoisotopic (exact) mass is 478 g/mol. The molecule has 5 nitrogen and oxygen atoms in total. The number of rotatable bonds is 6. The summed E-state index contributed by atoms with van der Waals surface area (Å²) in [7, 11) is 0. The summed E-state index contributed by atoms with van der Waals surface area (Å²) in [5.41, 5.74) is -10.8. The van der Waals surface area contributed by atoms with Crippen LogP contribution < -0.4 is 10.1 Å². The summed E-state index contributed by atoms with van der Waals surface area (Å²) in [6.45, 7) is -7.62. The van der Waals surface area contributed by atoms with Gasteiger partial charge in [-0.3, -0.25) is 4.79 Å². The van der Waals surface area contributed by atoms with Gasteiger partial charge in [0, 0.05) is 14.6 Å². The molecule has 0 aliphatic carbocycles. The second-order valence-corrected chi connectivity index (χ2v) is 7.05. The van der Waals surface area contributed by atoms with Crippen LogP contribution in [0.25, 0.3) is 0 Å². The van der Waals surface area contributed by atoms with Crippen molar-refractivity contribution in [3.05, 3.63) is 59.2 Å². The fourth-order valence-corrected chi connectivity index (χ4v) is 2.71. The van der Waals surface area contributed by atoms with Gasteiger partial charge in [0.1, 0.15) is 12.3 Å². The molecule has 1 amide bonds. The molecule has 1 N–H and O–H groups in total. The summed E-state index contributed by atoms with van der Waals surface area (Å²) in [6.07, 6.45) is -5.14. The molecule has 32 heavy (non-hydrogen) atoms. The topological polar surface area (TPSA) is 85.9 Å². The molecule has 0 saturated heterocycles. The average Bonchev–Trinajstić information content (AvgIpc) is 2.74. The van der Waals surface area contributed by atoms with E-state index in [0.717, 1.165) is 36.4 Å². The molecular weight excluding hydrogens is 460 g/mol. The van der Waals surface area contributed by atoms with Crippen molar-refractivity contribution in [2.45, 2.75) is 29.0 Å². The standard InChI is InChI=1S/C20H13F6N3O2S/c1-18(10-28,11-31-16-8-12(9-27)2-7-15(16)19(21,22)23)29-17(30)13-3-5-14(6-4-13)32-20(24,25)26/h2-8H,11H2,1H3,(H,29,30)/i1D3,11D2. The molecule has 2 aromatic carbocycles. The summed E-state index contributed by atoms with van der Waals surface area (Å²) in [6, 6.07) is 7.52.